The first-order valence-corrected chi connectivity index (χ1v) is 10.2. The molecule has 4 rings (SSSR count). The van der Waals surface area contributed by atoms with Gasteiger partial charge in [0.05, 0.1) is 0 Å². The average molecular weight is 435 g/mol. The Hall–Kier alpha value is -2.72. The molecule has 0 aliphatic heterocycles. The van der Waals surface area contributed by atoms with Gasteiger partial charge >= 0.3 is 6.18 Å². The van der Waals surface area contributed by atoms with Gasteiger partial charge in [-0.1, -0.05) is 6.07 Å². The smallest absolute Gasteiger partial charge is 0.346 e. The molecule has 1 aliphatic rings. The molecule has 1 aliphatic carbocycles. The molecule has 30 heavy (non-hydrogen) atoms. The van der Waals surface area contributed by atoms with Crippen LogP contribution in [0.1, 0.15) is 18.4 Å². The highest BCUT2D eigenvalue weighted by Gasteiger charge is 2.30. The van der Waals surface area contributed by atoms with Crippen molar-refractivity contribution in [2.24, 2.45) is 5.92 Å². The Bertz CT molecular complexity index is 1080. The van der Waals surface area contributed by atoms with E-state index < -0.39 is 12.7 Å². The van der Waals surface area contributed by atoms with E-state index in [1.54, 1.807) is 12.3 Å². The maximum absolute atomic E-state index is 12.2. The van der Waals surface area contributed by atoms with Crippen LogP contribution < -0.4 is 14.8 Å². The molecular weight excluding hydrogens is 415 g/mol. The van der Waals surface area contributed by atoms with Gasteiger partial charge in [-0.3, -0.25) is 4.79 Å². The Morgan fingerprint density at radius 2 is 2.03 bits per heavy atom. The lowest BCUT2D eigenvalue weighted by Crippen LogP contribution is -2.24. The summed E-state index contributed by atoms with van der Waals surface area (Å²) in [6, 6.07) is 9.33. The molecule has 6 nitrogen and oxygen atoms in total. The molecule has 10 heteroatoms. The van der Waals surface area contributed by atoms with E-state index in [-0.39, 0.29) is 11.8 Å². The summed E-state index contributed by atoms with van der Waals surface area (Å²) in [5, 5.41) is 3.81. The van der Waals surface area contributed by atoms with Crippen molar-refractivity contribution in [1.82, 2.24) is 14.7 Å². The number of fused-ring (bicyclic) bond motifs is 1. The van der Waals surface area contributed by atoms with Gasteiger partial charge in [0.25, 0.3) is 0 Å². The summed E-state index contributed by atoms with van der Waals surface area (Å²) in [6.07, 6.45) is -0.647. The molecule has 1 saturated carbocycles. The number of anilines is 2. The molecule has 1 amide bonds. The summed E-state index contributed by atoms with van der Waals surface area (Å²) in [6.45, 7) is 0.843. The number of carbonyl (C=O) groups is 1. The quantitative estimate of drug-likeness (QED) is 0.310. The molecule has 0 spiro atoms. The van der Waals surface area contributed by atoms with Crippen molar-refractivity contribution in [2.75, 3.05) is 16.6 Å². The number of pyridine rings is 1. The predicted octanol–water partition coefficient (Wildman–Crippen LogP) is 5.01. The molecule has 2 aromatic heterocycles. The molecule has 0 unspecified atom stereocenters. The molecule has 4 N–H and O–H groups in total. The van der Waals surface area contributed by atoms with E-state index in [0.717, 1.165) is 47.1 Å². The van der Waals surface area contributed by atoms with Crippen LogP contribution in [0.5, 0.6) is 0 Å². The molecule has 158 valence electrons. The first kappa shape index (κ1) is 20.5. The highest BCUT2D eigenvalue weighted by atomic mass is 32.2. The molecule has 0 saturated heterocycles. The largest absolute Gasteiger partial charge is 0.402 e. The van der Waals surface area contributed by atoms with E-state index in [9.17, 15) is 18.0 Å². The van der Waals surface area contributed by atoms with Crippen LogP contribution >= 0.6 is 12.1 Å². The molecule has 0 atom stereocenters. The number of halogens is 3. The van der Waals surface area contributed by atoms with Crippen LogP contribution in [0.25, 0.3) is 22.2 Å². The Labute approximate surface area is 175 Å². The summed E-state index contributed by atoms with van der Waals surface area (Å²) in [4.78, 5) is 19.7. The first-order chi connectivity index (χ1) is 14.3. The van der Waals surface area contributed by atoms with Crippen molar-refractivity contribution in [3.63, 3.8) is 0 Å². The van der Waals surface area contributed by atoms with Gasteiger partial charge in [0, 0.05) is 35.3 Å². The summed E-state index contributed by atoms with van der Waals surface area (Å²) in [5.74, 6) is 0.550. The SMILES string of the molecule is Cc1cc(NSNCC(F)(F)F)ccc1-c1cc(NC(=O)C2CC2)nc2[nH]ccc12. The second-order valence-corrected chi connectivity index (χ2v) is 7.93. The predicted molar refractivity (Wildman–Crippen MR) is 113 cm³/mol. The molecule has 1 aromatic carbocycles. The fourth-order valence-electron chi connectivity index (χ4n) is 3.14. The van der Waals surface area contributed by atoms with Gasteiger partial charge < -0.3 is 15.0 Å². The Balaban J connectivity index is 1.55. The maximum atomic E-state index is 12.2. The van der Waals surface area contributed by atoms with Crippen molar-refractivity contribution in [1.29, 1.82) is 0 Å². The number of nitrogens with one attached hydrogen (secondary N) is 4. The number of hydrogen-bond donors (Lipinski definition) is 4. The lowest BCUT2D eigenvalue weighted by atomic mass is 9.98. The van der Waals surface area contributed by atoms with Gasteiger partial charge in [0.2, 0.25) is 5.91 Å². The van der Waals surface area contributed by atoms with Crippen LogP contribution in [0.4, 0.5) is 24.7 Å². The highest BCUT2D eigenvalue weighted by molar-refractivity contribution is 7.98. The molecule has 0 bridgehead atoms. The molecular formula is C20H20F3N5OS. The number of aromatic nitrogens is 2. The number of benzene rings is 1. The van der Waals surface area contributed by atoms with Crippen molar-refractivity contribution >= 4 is 40.6 Å². The summed E-state index contributed by atoms with van der Waals surface area (Å²) in [5.41, 5.74) is 4.15. The molecule has 0 radical (unpaired) electrons. The maximum Gasteiger partial charge on any atom is 0.402 e. The number of nitrogens with zero attached hydrogens (tertiary/aromatic N) is 1. The van der Waals surface area contributed by atoms with Crippen LogP contribution in [-0.4, -0.2) is 28.6 Å². The van der Waals surface area contributed by atoms with Gasteiger partial charge in [-0.05, 0) is 60.7 Å². The van der Waals surface area contributed by atoms with Gasteiger partial charge in [-0.2, -0.15) is 13.2 Å². The Kier molecular flexibility index (Phi) is 5.61. The van der Waals surface area contributed by atoms with Crippen LogP contribution in [0.3, 0.4) is 0 Å². The third kappa shape index (κ3) is 4.88. The second-order valence-electron chi connectivity index (χ2n) is 7.23. The molecule has 2 heterocycles. The van der Waals surface area contributed by atoms with Crippen LogP contribution in [0.2, 0.25) is 0 Å². The second kappa shape index (κ2) is 8.19. The summed E-state index contributed by atoms with van der Waals surface area (Å²) < 4.78 is 41.7. The Morgan fingerprint density at radius 1 is 1.23 bits per heavy atom. The summed E-state index contributed by atoms with van der Waals surface area (Å²) in [7, 11) is 0. The van der Waals surface area contributed by atoms with Crippen molar-refractivity contribution in [3.8, 4) is 11.1 Å². The van der Waals surface area contributed by atoms with Crippen LogP contribution in [0.15, 0.2) is 36.5 Å². The molecule has 3 aromatic rings. The van der Waals surface area contributed by atoms with Gasteiger partial charge in [0.1, 0.15) is 18.0 Å². The van der Waals surface area contributed by atoms with Gasteiger partial charge in [0.15, 0.2) is 0 Å². The van der Waals surface area contributed by atoms with E-state index in [2.05, 4.69) is 24.7 Å². The zero-order valence-corrected chi connectivity index (χ0v) is 16.9. The van der Waals surface area contributed by atoms with Crippen LogP contribution in [0, 0.1) is 12.8 Å². The van der Waals surface area contributed by atoms with E-state index in [0.29, 0.717) is 17.2 Å². The number of hydrogen-bond acceptors (Lipinski definition) is 5. The first-order valence-electron chi connectivity index (χ1n) is 9.41. The van der Waals surface area contributed by atoms with Crippen LogP contribution in [-0.2, 0) is 4.79 Å². The monoisotopic (exact) mass is 435 g/mol. The number of alkyl halides is 3. The summed E-state index contributed by atoms with van der Waals surface area (Å²) >= 11 is 0.783. The number of H-pyrrole nitrogens is 1. The van der Waals surface area contributed by atoms with Crippen molar-refractivity contribution < 1.29 is 18.0 Å². The van der Waals surface area contributed by atoms with Gasteiger partial charge in [-0.15, -0.1) is 0 Å². The fraction of sp³-hybridized carbons (Fsp3) is 0.300. The normalized spacial score (nSPS) is 14.1. The van der Waals surface area contributed by atoms with Gasteiger partial charge in [-0.25, -0.2) is 9.71 Å². The fourth-order valence-corrected chi connectivity index (χ4v) is 3.69. The zero-order chi connectivity index (χ0) is 21.3. The standard InChI is InChI=1S/C20H20F3N5OS/c1-11-8-13(28-30-25-10-20(21,22)23)4-5-14(11)16-9-17(27-19(29)12-2-3-12)26-18-15(16)6-7-24-18/h4-9,12,25,28H,2-3,10H2,1H3,(H2,24,26,27,29). The van der Waals surface area contributed by atoms with E-state index >= 15 is 0 Å². The minimum absolute atomic E-state index is 0.0148. The number of amides is 1. The minimum Gasteiger partial charge on any atom is -0.346 e. The lowest BCUT2D eigenvalue weighted by Gasteiger charge is -2.13. The van der Waals surface area contributed by atoms with E-state index in [1.165, 1.54) is 0 Å². The number of rotatable bonds is 7. The Morgan fingerprint density at radius 3 is 2.73 bits per heavy atom. The average Bonchev–Trinajstić information content (AvgIpc) is 3.42. The third-order valence-corrected chi connectivity index (χ3v) is 5.38. The van der Waals surface area contributed by atoms with Crippen molar-refractivity contribution in [2.45, 2.75) is 25.9 Å². The lowest BCUT2D eigenvalue weighted by molar-refractivity contribution is -0.121. The third-order valence-electron chi connectivity index (χ3n) is 4.76. The highest BCUT2D eigenvalue weighted by Crippen LogP contribution is 2.35. The topological polar surface area (TPSA) is 81.8 Å². The van der Waals surface area contributed by atoms with E-state index in [1.807, 2.05) is 31.2 Å². The molecule has 1 fully saturated rings. The number of aryl methyl sites for hydroxylation is 1. The van der Waals surface area contributed by atoms with Crippen molar-refractivity contribution in [3.05, 3.63) is 42.1 Å². The number of aromatic amines is 1. The van der Waals surface area contributed by atoms with E-state index in [4.69, 9.17) is 0 Å². The zero-order valence-electron chi connectivity index (χ0n) is 16.1. The number of carbonyl (C=O) groups excluding carboxylic acids is 1. The minimum atomic E-state index is -4.26.